The molecule has 44 heavy (non-hydrogen) atoms. The molecule has 0 spiro atoms. The number of ether oxygens (including phenoxy) is 3. The van der Waals surface area contributed by atoms with Crippen LogP contribution in [0.15, 0.2) is 77.7 Å². The summed E-state index contributed by atoms with van der Waals surface area (Å²) in [6, 6.07) is 19.1. The summed E-state index contributed by atoms with van der Waals surface area (Å²) in [5.74, 6) is 0.330. The van der Waals surface area contributed by atoms with Crippen LogP contribution in [0.2, 0.25) is 0 Å². The van der Waals surface area contributed by atoms with Crippen molar-refractivity contribution in [2.24, 2.45) is 0 Å². The molecule has 11 heteroatoms. The van der Waals surface area contributed by atoms with Crippen molar-refractivity contribution < 1.29 is 32.2 Å². The highest BCUT2D eigenvalue weighted by Gasteiger charge is 2.34. The van der Waals surface area contributed by atoms with E-state index in [2.05, 4.69) is 5.32 Å². The zero-order valence-corrected chi connectivity index (χ0v) is 27.1. The molecule has 0 aliphatic carbocycles. The summed E-state index contributed by atoms with van der Waals surface area (Å²) in [5.41, 5.74) is 1.07. The van der Waals surface area contributed by atoms with Gasteiger partial charge < -0.3 is 24.4 Å². The van der Waals surface area contributed by atoms with E-state index in [9.17, 15) is 18.0 Å². The van der Waals surface area contributed by atoms with Gasteiger partial charge in [0.05, 0.1) is 31.4 Å². The minimum Gasteiger partial charge on any atom is -0.494 e. The van der Waals surface area contributed by atoms with Crippen LogP contribution in [0.4, 0.5) is 5.69 Å². The summed E-state index contributed by atoms with van der Waals surface area (Å²) < 4.78 is 45.7. The molecule has 0 aliphatic heterocycles. The number of carbonyl (C=O) groups is 2. The van der Waals surface area contributed by atoms with Gasteiger partial charge in [-0.3, -0.25) is 13.9 Å². The number of benzene rings is 3. The van der Waals surface area contributed by atoms with Crippen LogP contribution in [-0.4, -0.2) is 64.6 Å². The second-order valence-electron chi connectivity index (χ2n) is 10.2. The Labute approximate surface area is 261 Å². The average Bonchev–Trinajstić information content (AvgIpc) is 3.03. The van der Waals surface area contributed by atoms with Crippen molar-refractivity contribution in [3.8, 4) is 17.2 Å². The molecule has 1 N–H and O–H groups in total. The number of methoxy groups -OCH3 is 2. The Morgan fingerprint density at radius 1 is 0.864 bits per heavy atom. The Morgan fingerprint density at radius 2 is 1.52 bits per heavy atom. The standard InChI is InChI=1S/C33H43N3O7S/c1-7-24(4)34-33(38)29(8-2)35(22-25-13-11-10-12-14-25)32(37)23-36(26-15-17-27(18-16-26)43-9-3)44(39,40)28-19-20-30(41-5)31(21-28)42-6/h10-21,24,29H,7-9,22-23H2,1-6H3,(H,34,38)/t24-,29-/m0/s1. The normalized spacial score (nSPS) is 12.5. The fraction of sp³-hybridized carbons (Fsp3) is 0.394. The Balaban J connectivity index is 2.10. The molecule has 238 valence electrons. The van der Waals surface area contributed by atoms with Crippen LogP contribution in [0, 0.1) is 0 Å². The predicted octanol–water partition coefficient (Wildman–Crippen LogP) is 5.02. The van der Waals surface area contributed by atoms with Crippen LogP contribution in [-0.2, 0) is 26.2 Å². The molecule has 0 bridgehead atoms. The van der Waals surface area contributed by atoms with Gasteiger partial charge in [0.15, 0.2) is 11.5 Å². The average molecular weight is 626 g/mol. The predicted molar refractivity (Wildman–Crippen MR) is 171 cm³/mol. The van der Waals surface area contributed by atoms with E-state index >= 15 is 0 Å². The molecule has 3 aromatic carbocycles. The number of nitrogens with one attached hydrogen (secondary N) is 1. The number of rotatable bonds is 16. The fourth-order valence-electron chi connectivity index (χ4n) is 4.65. The first kappa shape index (κ1) is 34.2. The number of sulfonamides is 1. The lowest BCUT2D eigenvalue weighted by atomic mass is 10.1. The van der Waals surface area contributed by atoms with Crippen LogP contribution in [0.1, 0.15) is 46.1 Å². The third-order valence-electron chi connectivity index (χ3n) is 7.24. The third kappa shape index (κ3) is 8.43. The molecule has 0 heterocycles. The van der Waals surface area contributed by atoms with Crippen molar-refractivity contribution in [1.29, 1.82) is 0 Å². The van der Waals surface area contributed by atoms with Crippen LogP contribution in [0.3, 0.4) is 0 Å². The van der Waals surface area contributed by atoms with E-state index in [1.165, 1.54) is 37.3 Å². The van der Waals surface area contributed by atoms with Crippen molar-refractivity contribution >= 4 is 27.5 Å². The Hall–Kier alpha value is -4.25. The van der Waals surface area contributed by atoms with Gasteiger partial charge in [0.25, 0.3) is 10.0 Å². The van der Waals surface area contributed by atoms with Gasteiger partial charge in [-0.15, -0.1) is 0 Å². The number of anilines is 1. The lowest BCUT2D eigenvalue weighted by Crippen LogP contribution is -2.53. The largest absolute Gasteiger partial charge is 0.494 e. The maximum atomic E-state index is 14.2. The van der Waals surface area contributed by atoms with Gasteiger partial charge in [-0.2, -0.15) is 0 Å². The molecule has 0 aromatic heterocycles. The van der Waals surface area contributed by atoms with Crippen molar-refractivity contribution in [2.75, 3.05) is 31.7 Å². The lowest BCUT2D eigenvalue weighted by molar-refractivity contribution is -0.140. The Morgan fingerprint density at radius 3 is 2.09 bits per heavy atom. The molecule has 3 aromatic rings. The topological polar surface area (TPSA) is 114 Å². The summed E-state index contributed by atoms with van der Waals surface area (Å²) in [4.78, 5) is 29.0. The van der Waals surface area contributed by atoms with Gasteiger partial charge in [0, 0.05) is 18.7 Å². The molecule has 2 atom stereocenters. The highest BCUT2D eigenvalue weighted by molar-refractivity contribution is 7.92. The molecule has 0 fully saturated rings. The highest BCUT2D eigenvalue weighted by Crippen LogP contribution is 2.33. The number of nitrogens with zero attached hydrogens (tertiary/aromatic N) is 2. The van der Waals surface area contributed by atoms with Crippen molar-refractivity contribution in [1.82, 2.24) is 10.2 Å². The first-order valence-corrected chi connectivity index (χ1v) is 16.1. The maximum Gasteiger partial charge on any atom is 0.264 e. The first-order valence-electron chi connectivity index (χ1n) is 14.7. The van der Waals surface area contributed by atoms with Gasteiger partial charge in [0.2, 0.25) is 11.8 Å². The number of hydrogen-bond acceptors (Lipinski definition) is 7. The molecular weight excluding hydrogens is 582 g/mol. The number of carbonyl (C=O) groups excluding carboxylic acids is 2. The van der Waals surface area contributed by atoms with E-state index in [-0.39, 0.29) is 34.8 Å². The van der Waals surface area contributed by atoms with Crippen LogP contribution < -0.4 is 23.8 Å². The van der Waals surface area contributed by atoms with Crippen LogP contribution >= 0.6 is 0 Å². The van der Waals surface area contributed by atoms with Gasteiger partial charge in [-0.05, 0) is 68.7 Å². The highest BCUT2D eigenvalue weighted by atomic mass is 32.2. The van der Waals surface area contributed by atoms with Crippen molar-refractivity contribution in [3.05, 3.63) is 78.4 Å². The molecule has 0 saturated heterocycles. The van der Waals surface area contributed by atoms with Crippen LogP contribution in [0.5, 0.6) is 17.2 Å². The number of hydrogen-bond donors (Lipinski definition) is 1. The maximum absolute atomic E-state index is 14.2. The van der Waals surface area contributed by atoms with E-state index in [0.29, 0.717) is 24.5 Å². The van der Waals surface area contributed by atoms with E-state index in [4.69, 9.17) is 14.2 Å². The fourth-order valence-corrected chi connectivity index (χ4v) is 6.08. The SMILES string of the molecule is CCOc1ccc(N(CC(=O)N(Cc2ccccc2)[C@@H](CC)C(=O)N[C@@H](C)CC)S(=O)(=O)c2ccc(OC)c(OC)c2)cc1. The molecule has 10 nitrogen and oxygen atoms in total. The molecule has 0 aliphatic rings. The van der Waals surface area contributed by atoms with E-state index in [1.807, 2.05) is 58.0 Å². The Kier molecular flexibility index (Phi) is 12.5. The Bertz CT molecular complexity index is 1480. The van der Waals surface area contributed by atoms with E-state index in [0.717, 1.165) is 16.3 Å². The van der Waals surface area contributed by atoms with Gasteiger partial charge in [-0.25, -0.2) is 8.42 Å². The second kappa shape index (κ2) is 16.0. The van der Waals surface area contributed by atoms with Crippen molar-refractivity contribution in [2.45, 2.75) is 64.1 Å². The van der Waals surface area contributed by atoms with Gasteiger partial charge in [0.1, 0.15) is 18.3 Å². The van der Waals surface area contributed by atoms with Gasteiger partial charge >= 0.3 is 0 Å². The second-order valence-corrected chi connectivity index (χ2v) is 12.1. The summed E-state index contributed by atoms with van der Waals surface area (Å²) in [7, 11) is -1.43. The molecule has 0 saturated carbocycles. The summed E-state index contributed by atoms with van der Waals surface area (Å²) in [6.07, 6.45) is 1.07. The molecular formula is C33H43N3O7S. The minimum absolute atomic E-state index is 0.0870. The molecule has 3 rings (SSSR count). The van der Waals surface area contributed by atoms with E-state index < -0.39 is 28.5 Å². The molecule has 0 radical (unpaired) electrons. The van der Waals surface area contributed by atoms with Crippen LogP contribution in [0.25, 0.3) is 0 Å². The first-order chi connectivity index (χ1) is 21.1. The molecule has 2 amide bonds. The van der Waals surface area contributed by atoms with E-state index in [1.54, 1.807) is 24.3 Å². The monoisotopic (exact) mass is 625 g/mol. The number of amides is 2. The third-order valence-corrected chi connectivity index (χ3v) is 9.01. The van der Waals surface area contributed by atoms with Crippen molar-refractivity contribution in [3.63, 3.8) is 0 Å². The lowest BCUT2D eigenvalue weighted by Gasteiger charge is -2.33. The smallest absolute Gasteiger partial charge is 0.264 e. The molecule has 0 unspecified atom stereocenters. The minimum atomic E-state index is -4.30. The summed E-state index contributed by atoms with van der Waals surface area (Å²) >= 11 is 0. The zero-order chi connectivity index (χ0) is 32.3. The summed E-state index contributed by atoms with van der Waals surface area (Å²) in [6.45, 7) is 7.56. The quantitative estimate of drug-likeness (QED) is 0.238. The zero-order valence-electron chi connectivity index (χ0n) is 26.3. The van der Waals surface area contributed by atoms with Gasteiger partial charge in [-0.1, -0.05) is 44.2 Å². The summed E-state index contributed by atoms with van der Waals surface area (Å²) in [5, 5.41) is 2.98.